The average molecular weight is 517 g/mol. The molecule has 0 spiro atoms. The van der Waals surface area contributed by atoms with Gasteiger partial charge in [0.15, 0.2) is 0 Å². The molecule has 2 aromatic carbocycles. The summed E-state index contributed by atoms with van der Waals surface area (Å²) in [7, 11) is 1.65. The number of aromatic nitrogens is 1. The molecule has 1 fully saturated rings. The summed E-state index contributed by atoms with van der Waals surface area (Å²) >= 11 is 0. The predicted molar refractivity (Wildman–Crippen MR) is 151 cm³/mol. The zero-order chi connectivity index (χ0) is 26.7. The molecule has 4 rings (SSSR count). The number of anilines is 3. The van der Waals surface area contributed by atoms with Gasteiger partial charge < -0.3 is 30.7 Å². The minimum absolute atomic E-state index is 0.303. The number of nitrogens with zero attached hydrogens (tertiary/aromatic N) is 3. The van der Waals surface area contributed by atoms with Crippen molar-refractivity contribution in [1.29, 1.82) is 0 Å². The van der Waals surface area contributed by atoms with E-state index in [2.05, 4.69) is 32.0 Å². The fraction of sp³-hybridized carbons (Fsp3) is 0.310. The van der Waals surface area contributed by atoms with Gasteiger partial charge in [0.05, 0.1) is 37.5 Å². The number of pyridine rings is 1. The van der Waals surface area contributed by atoms with Crippen LogP contribution < -0.4 is 21.1 Å². The lowest BCUT2D eigenvalue weighted by atomic mass is 10.2. The van der Waals surface area contributed by atoms with E-state index in [0.29, 0.717) is 23.6 Å². The Morgan fingerprint density at radius 3 is 2.55 bits per heavy atom. The minimum atomic E-state index is -0.303. The number of nitrogens with one attached hydrogen (secondary N) is 2. The van der Waals surface area contributed by atoms with Crippen LogP contribution in [0.15, 0.2) is 79.3 Å². The summed E-state index contributed by atoms with van der Waals surface area (Å²) in [6, 6.07) is 18.6. The molecule has 0 atom stereocenters. The lowest BCUT2D eigenvalue weighted by molar-refractivity contribution is 0.0364. The monoisotopic (exact) mass is 516 g/mol. The van der Waals surface area contributed by atoms with Crippen molar-refractivity contribution < 1.29 is 14.3 Å². The van der Waals surface area contributed by atoms with Crippen molar-refractivity contribution in [3.05, 3.63) is 90.5 Å². The maximum atomic E-state index is 12.7. The van der Waals surface area contributed by atoms with E-state index in [9.17, 15) is 4.79 Å². The highest BCUT2D eigenvalue weighted by molar-refractivity contribution is 6.04. The molecule has 1 aliphatic rings. The van der Waals surface area contributed by atoms with Gasteiger partial charge in [-0.15, -0.1) is 0 Å². The number of ether oxygens (including phenoxy) is 2. The number of carbonyl (C=O) groups is 1. The van der Waals surface area contributed by atoms with E-state index in [0.717, 1.165) is 68.6 Å². The number of morpholine rings is 1. The van der Waals surface area contributed by atoms with Crippen molar-refractivity contribution in [2.75, 3.05) is 62.9 Å². The number of benzene rings is 2. The van der Waals surface area contributed by atoms with Crippen LogP contribution in [0, 0.1) is 0 Å². The zero-order valence-corrected chi connectivity index (χ0v) is 21.9. The Hall–Kier alpha value is -4.08. The van der Waals surface area contributed by atoms with E-state index in [1.807, 2.05) is 42.5 Å². The molecule has 0 bridgehead atoms. The third kappa shape index (κ3) is 7.71. The molecule has 9 heteroatoms. The Kier molecular flexibility index (Phi) is 9.55. The highest BCUT2D eigenvalue weighted by atomic mass is 16.5. The largest absolute Gasteiger partial charge is 0.497 e. The smallest absolute Gasteiger partial charge is 0.274 e. The number of methoxy groups -OCH3 is 1. The van der Waals surface area contributed by atoms with Crippen molar-refractivity contribution in [3.63, 3.8) is 0 Å². The van der Waals surface area contributed by atoms with Crippen molar-refractivity contribution in [1.82, 2.24) is 14.8 Å². The molecule has 1 aliphatic heterocycles. The number of amides is 1. The first kappa shape index (κ1) is 27.0. The van der Waals surface area contributed by atoms with Gasteiger partial charge in [0.1, 0.15) is 11.4 Å². The first-order chi connectivity index (χ1) is 18.5. The molecule has 0 aliphatic carbocycles. The van der Waals surface area contributed by atoms with Gasteiger partial charge in [0.2, 0.25) is 0 Å². The number of nitrogen functional groups attached to an aromatic ring is 1. The van der Waals surface area contributed by atoms with E-state index in [4.69, 9.17) is 15.2 Å². The highest BCUT2D eigenvalue weighted by Gasteiger charge is 2.15. The lowest BCUT2D eigenvalue weighted by Gasteiger charge is -2.30. The normalized spacial score (nSPS) is 13.5. The number of para-hydroxylation sites is 2. The Morgan fingerprint density at radius 1 is 1.11 bits per heavy atom. The summed E-state index contributed by atoms with van der Waals surface area (Å²) < 4.78 is 10.7. The predicted octanol–water partition coefficient (Wildman–Crippen LogP) is 4.03. The quantitative estimate of drug-likeness (QED) is 0.310. The van der Waals surface area contributed by atoms with E-state index < -0.39 is 0 Å². The van der Waals surface area contributed by atoms with Crippen molar-refractivity contribution in [2.24, 2.45) is 0 Å². The van der Waals surface area contributed by atoms with E-state index in [1.54, 1.807) is 31.5 Å². The second-order valence-corrected chi connectivity index (χ2v) is 9.12. The lowest BCUT2D eigenvalue weighted by Crippen LogP contribution is -2.38. The first-order valence-corrected chi connectivity index (χ1v) is 12.8. The van der Waals surface area contributed by atoms with Crippen molar-refractivity contribution >= 4 is 23.0 Å². The van der Waals surface area contributed by atoms with E-state index in [-0.39, 0.29) is 5.91 Å². The summed E-state index contributed by atoms with van der Waals surface area (Å²) in [5.41, 5.74) is 9.25. The Balaban J connectivity index is 1.40. The summed E-state index contributed by atoms with van der Waals surface area (Å²) in [5, 5.41) is 6.23. The summed E-state index contributed by atoms with van der Waals surface area (Å²) in [6.07, 6.45) is 2.72. The van der Waals surface area contributed by atoms with Crippen LogP contribution in [0.4, 0.5) is 17.1 Å². The average Bonchev–Trinajstić information content (AvgIpc) is 2.95. The zero-order valence-electron chi connectivity index (χ0n) is 21.9. The molecule has 0 unspecified atom stereocenters. The molecule has 0 radical (unpaired) electrons. The molecule has 1 saturated heterocycles. The fourth-order valence-corrected chi connectivity index (χ4v) is 4.21. The molecule has 4 N–H and O–H groups in total. The van der Waals surface area contributed by atoms with Gasteiger partial charge in [-0.25, -0.2) is 0 Å². The molecule has 2 heterocycles. The minimum Gasteiger partial charge on any atom is -0.497 e. The molecular formula is C29H36N6O3. The fourth-order valence-electron chi connectivity index (χ4n) is 4.21. The van der Waals surface area contributed by atoms with Crippen LogP contribution >= 0.6 is 0 Å². The number of carbonyl (C=O) groups excluding carboxylic acids is 1. The van der Waals surface area contributed by atoms with Gasteiger partial charge in [-0.3, -0.25) is 14.7 Å². The van der Waals surface area contributed by atoms with Crippen LogP contribution in [0.1, 0.15) is 22.5 Å². The number of nitrogens with two attached hydrogens (primary N) is 1. The molecular weight excluding hydrogens is 480 g/mol. The van der Waals surface area contributed by atoms with Crippen LogP contribution in [0.2, 0.25) is 0 Å². The molecule has 200 valence electrons. The van der Waals surface area contributed by atoms with Crippen LogP contribution in [-0.4, -0.2) is 67.2 Å². The van der Waals surface area contributed by atoms with Gasteiger partial charge in [0, 0.05) is 44.6 Å². The number of hydrogen-bond donors (Lipinski definition) is 3. The second kappa shape index (κ2) is 13.5. The topological polar surface area (TPSA) is 105 Å². The molecule has 1 amide bonds. The van der Waals surface area contributed by atoms with Crippen molar-refractivity contribution in [3.8, 4) is 5.75 Å². The van der Waals surface area contributed by atoms with Crippen LogP contribution in [-0.2, 0) is 11.3 Å². The number of hydrogen-bond acceptors (Lipinski definition) is 8. The highest BCUT2D eigenvalue weighted by Crippen LogP contribution is 2.20. The van der Waals surface area contributed by atoms with Crippen LogP contribution in [0.3, 0.4) is 0 Å². The summed E-state index contributed by atoms with van der Waals surface area (Å²) in [5.74, 6) is 1.29. The first-order valence-electron chi connectivity index (χ1n) is 12.8. The molecule has 1 aromatic heterocycles. The third-order valence-corrected chi connectivity index (χ3v) is 6.41. The van der Waals surface area contributed by atoms with Crippen molar-refractivity contribution in [2.45, 2.75) is 13.0 Å². The maximum absolute atomic E-state index is 12.7. The molecule has 0 saturated carbocycles. The van der Waals surface area contributed by atoms with E-state index >= 15 is 0 Å². The van der Waals surface area contributed by atoms with Crippen LogP contribution in [0.5, 0.6) is 5.75 Å². The number of rotatable bonds is 12. The Morgan fingerprint density at radius 2 is 1.87 bits per heavy atom. The molecule has 9 nitrogen and oxygen atoms in total. The maximum Gasteiger partial charge on any atom is 0.274 e. The third-order valence-electron chi connectivity index (χ3n) is 6.41. The van der Waals surface area contributed by atoms with Gasteiger partial charge in [-0.05, 0) is 54.4 Å². The molecule has 3 aromatic rings. The molecule has 38 heavy (non-hydrogen) atoms. The summed E-state index contributed by atoms with van der Waals surface area (Å²) in [6.45, 7) is 10.2. The standard InChI is InChI=1S/C29H36N6O3/c1-22(32-24-9-11-25(37-2)12-10-24)35(15-5-14-34-16-18-38-19-17-34)21-23-8-13-28(31-20-23)29(36)33-27-7-4-3-6-26(27)30/h3-4,6-13,20,32H,1,5,14-19,21,30H2,2H3,(H,33,36). The SMILES string of the molecule is C=C(Nc1ccc(OC)cc1)N(CCCN1CCOCC1)Cc1ccc(C(=O)Nc2ccccc2N)nc1. The van der Waals surface area contributed by atoms with Gasteiger partial charge >= 0.3 is 0 Å². The van der Waals surface area contributed by atoms with Crippen LogP contribution in [0.25, 0.3) is 0 Å². The Bertz CT molecular complexity index is 1190. The van der Waals surface area contributed by atoms with Gasteiger partial charge in [-0.1, -0.05) is 24.8 Å². The van der Waals surface area contributed by atoms with Gasteiger partial charge in [0.25, 0.3) is 5.91 Å². The van der Waals surface area contributed by atoms with Gasteiger partial charge in [-0.2, -0.15) is 0 Å². The summed E-state index contributed by atoms with van der Waals surface area (Å²) in [4.78, 5) is 21.7. The van der Waals surface area contributed by atoms with E-state index in [1.165, 1.54) is 0 Å². The second-order valence-electron chi connectivity index (χ2n) is 9.12. The Labute approximate surface area is 224 Å².